The first-order chi connectivity index (χ1) is 13.5. The Balaban J connectivity index is 1.38. The van der Waals surface area contributed by atoms with Crippen LogP contribution in [0.25, 0.3) is 0 Å². The Kier molecular flexibility index (Phi) is 7.06. The summed E-state index contributed by atoms with van der Waals surface area (Å²) in [5.41, 5.74) is 1.72. The van der Waals surface area contributed by atoms with Gasteiger partial charge in [-0.15, -0.1) is 0 Å². The van der Waals surface area contributed by atoms with Gasteiger partial charge in [0.1, 0.15) is 0 Å². The van der Waals surface area contributed by atoms with Crippen LogP contribution in [0, 0.1) is 11.8 Å². The first-order valence-electron chi connectivity index (χ1n) is 10.5. The van der Waals surface area contributed by atoms with Crippen molar-refractivity contribution in [1.82, 2.24) is 10.6 Å². The van der Waals surface area contributed by atoms with Crippen LogP contribution >= 0.6 is 0 Å². The molecule has 2 aliphatic carbocycles. The molecule has 1 unspecified atom stereocenters. The number of hydrogen-bond donors (Lipinski definition) is 3. The zero-order valence-corrected chi connectivity index (χ0v) is 16.6. The fraction of sp³-hybridized carbons (Fsp3) is 0.591. The van der Waals surface area contributed by atoms with E-state index in [0.717, 1.165) is 36.9 Å². The average molecular weight is 386 g/mol. The van der Waals surface area contributed by atoms with E-state index < -0.39 is 0 Å². The lowest BCUT2D eigenvalue weighted by Gasteiger charge is -2.21. The van der Waals surface area contributed by atoms with Gasteiger partial charge in [-0.1, -0.05) is 31.4 Å². The van der Waals surface area contributed by atoms with E-state index in [1.165, 1.54) is 19.3 Å². The van der Waals surface area contributed by atoms with Crippen LogP contribution in [0.3, 0.4) is 0 Å². The maximum absolute atomic E-state index is 12.1. The smallest absolute Gasteiger partial charge is 0.239 e. The number of anilines is 1. The summed E-state index contributed by atoms with van der Waals surface area (Å²) in [6.07, 6.45) is 8.40. The zero-order chi connectivity index (χ0) is 19.9. The number of nitrogens with one attached hydrogen (secondary N) is 3. The fourth-order valence-electron chi connectivity index (χ4n) is 3.73. The molecule has 0 saturated heterocycles. The van der Waals surface area contributed by atoms with Gasteiger partial charge in [-0.3, -0.25) is 14.4 Å². The highest BCUT2D eigenvalue weighted by atomic mass is 16.2. The molecular weight excluding hydrogens is 354 g/mol. The summed E-state index contributed by atoms with van der Waals surface area (Å²) in [7, 11) is 0. The van der Waals surface area contributed by atoms with Crippen molar-refractivity contribution in [3.05, 3.63) is 29.8 Å². The van der Waals surface area contributed by atoms with E-state index in [9.17, 15) is 14.4 Å². The van der Waals surface area contributed by atoms with E-state index in [4.69, 9.17) is 0 Å². The summed E-state index contributed by atoms with van der Waals surface area (Å²) < 4.78 is 0. The molecule has 6 heteroatoms. The molecule has 6 nitrogen and oxygen atoms in total. The SMILES string of the molecule is CC(NC(=O)CNC(=O)CC1CCCCC1)c1ccc(NC(=O)C2CC2)cc1. The summed E-state index contributed by atoms with van der Waals surface area (Å²) in [4.78, 5) is 35.9. The van der Waals surface area contributed by atoms with Crippen molar-refractivity contribution in [2.24, 2.45) is 11.8 Å². The Morgan fingerprint density at radius 2 is 1.64 bits per heavy atom. The number of benzene rings is 1. The van der Waals surface area contributed by atoms with E-state index in [2.05, 4.69) is 16.0 Å². The number of hydrogen-bond acceptors (Lipinski definition) is 3. The van der Waals surface area contributed by atoms with Crippen molar-refractivity contribution >= 4 is 23.4 Å². The molecule has 0 aliphatic heterocycles. The third-order valence-corrected chi connectivity index (χ3v) is 5.65. The molecule has 152 valence electrons. The van der Waals surface area contributed by atoms with Gasteiger partial charge in [-0.2, -0.15) is 0 Å². The molecule has 0 bridgehead atoms. The summed E-state index contributed by atoms with van der Waals surface area (Å²) in [6.45, 7) is 1.91. The van der Waals surface area contributed by atoms with Crippen molar-refractivity contribution in [2.75, 3.05) is 11.9 Å². The monoisotopic (exact) mass is 385 g/mol. The van der Waals surface area contributed by atoms with Gasteiger partial charge in [0.15, 0.2) is 0 Å². The lowest BCUT2D eigenvalue weighted by atomic mass is 9.87. The zero-order valence-electron chi connectivity index (χ0n) is 16.6. The van der Waals surface area contributed by atoms with E-state index in [1.807, 2.05) is 31.2 Å². The molecule has 0 radical (unpaired) electrons. The number of carbonyl (C=O) groups is 3. The van der Waals surface area contributed by atoms with E-state index in [1.54, 1.807) is 0 Å². The van der Waals surface area contributed by atoms with Crippen LogP contribution in [0.1, 0.15) is 69.9 Å². The summed E-state index contributed by atoms with van der Waals surface area (Å²) in [5.74, 6) is 0.486. The lowest BCUT2D eigenvalue weighted by Crippen LogP contribution is -2.38. The highest BCUT2D eigenvalue weighted by Gasteiger charge is 2.29. The fourth-order valence-corrected chi connectivity index (χ4v) is 3.73. The second-order valence-electron chi connectivity index (χ2n) is 8.16. The minimum atomic E-state index is -0.199. The molecule has 0 heterocycles. The summed E-state index contributed by atoms with van der Waals surface area (Å²) in [6, 6.07) is 7.33. The van der Waals surface area contributed by atoms with Gasteiger partial charge >= 0.3 is 0 Å². The Hall–Kier alpha value is -2.37. The van der Waals surface area contributed by atoms with Crippen LogP contribution in [0.5, 0.6) is 0 Å². The van der Waals surface area contributed by atoms with Crippen molar-refractivity contribution in [3.8, 4) is 0 Å². The first-order valence-corrected chi connectivity index (χ1v) is 10.5. The van der Waals surface area contributed by atoms with Gasteiger partial charge in [0.25, 0.3) is 0 Å². The standard InChI is InChI=1S/C22H31N3O3/c1-15(17-9-11-19(12-10-17)25-22(28)18-7-8-18)24-21(27)14-23-20(26)13-16-5-3-2-4-6-16/h9-12,15-16,18H,2-8,13-14H2,1H3,(H,23,26)(H,24,27)(H,25,28). The van der Waals surface area contributed by atoms with Gasteiger partial charge < -0.3 is 16.0 Å². The molecule has 2 aliphatic rings. The Labute approximate surface area is 166 Å². The Bertz CT molecular complexity index is 691. The van der Waals surface area contributed by atoms with Crippen LogP contribution in [0.15, 0.2) is 24.3 Å². The van der Waals surface area contributed by atoms with Gasteiger partial charge in [0.2, 0.25) is 17.7 Å². The summed E-state index contributed by atoms with van der Waals surface area (Å²) >= 11 is 0. The predicted molar refractivity (Wildman–Crippen MR) is 109 cm³/mol. The Morgan fingerprint density at radius 3 is 2.29 bits per heavy atom. The molecule has 1 aromatic rings. The third kappa shape index (κ3) is 6.36. The van der Waals surface area contributed by atoms with Crippen molar-refractivity contribution in [1.29, 1.82) is 0 Å². The number of rotatable bonds is 8. The highest BCUT2D eigenvalue weighted by molar-refractivity contribution is 5.94. The van der Waals surface area contributed by atoms with Crippen molar-refractivity contribution in [3.63, 3.8) is 0 Å². The molecule has 2 fully saturated rings. The topological polar surface area (TPSA) is 87.3 Å². The van der Waals surface area contributed by atoms with Gasteiger partial charge in [0, 0.05) is 18.0 Å². The predicted octanol–water partition coefficient (Wildman–Crippen LogP) is 3.30. The molecule has 3 rings (SSSR count). The largest absolute Gasteiger partial charge is 0.348 e. The van der Waals surface area contributed by atoms with E-state index in [0.29, 0.717) is 12.3 Å². The molecule has 3 N–H and O–H groups in total. The third-order valence-electron chi connectivity index (χ3n) is 5.65. The quantitative estimate of drug-likeness (QED) is 0.642. The second-order valence-corrected chi connectivity index (χ2v) is 8.16. The Morgan fingerprint density at radius 1 is 0.964 bits per heavy atom. The van der Waals surface area contributed by atoms with Gasteiger partial charge in [0.05, 0.1) is 12.6 Å². The lowest BCUT2D eigenvalue weighted by molar-refractivity contribution is -0.127. The van der Waals surface area contributed by atoms with Crippen molar-refractivity contribution in [2.45, 2.75) is 64.3 Å². The minimum absolute atomic E-state index is 0.00538. The summed E-state index contributed by atoms with van der Waals surface area (Å²) in [5, 5.41) is 8.54. The van der Waals surface area contributed by atoms with Crippen LogP contribution in [0.4, 0.5) is 5.69 Å². The van der Waals surface area contributed by atoms with Crippen LogP contribution in [0.2, 0.25) is 0 Å². The second kappa shape index (κ2) is 9.71. The normalized spacial score (nSPS) is 18.2. The molecule has 28 heavy (non-hydrogen) atoms. The molecule has 2 saturated carbocycles. The molecule has 0 aromatic heterocycles. The molecule has 1 aromatic carbocycles. The maximum atomic E-state index is 12.1. The number of carbonyl (C=O) groups excluding carboxylic acids is 3. The van der Waals surface area contributed by atoms with E-state index >= 15 is 0 Å². The van der Waals surface area contributed by atoms with Gasteiger partial charge in [-0.25, -0.2) is 0 Å². The molecular formula is C22H31N3O3. The highest BCUT2D eigenvalue weighted by Crippen LogP contribution is 2.30. The van der Waals surface area contributed by atoms with E-state index in [-0.39, 0.29) is 36.2 Å². The van der Waals surface area contributed by atoms with Crippen LogP contribution in [-0.2, 0) is 14.4 Å². The van der Waals surface area contributed by atoms with Gasteiger partial charge in [-0.05, 0) is 56.2 Å². The molecule has 3 amide bonds. The average Bonchev–Trinajstić information content (AvgIpc) is 3.53. The first kappa shape index (κ1) is 20.4. The van der Waals surface area contributed by atoms with Crippen molar-refractivity contribution < 1.29 is 14.4 Å². The van der Waals surface area contributed by atoms with Crippen LogP contribution in [-0.4, -0.2) is 24.3 Å². The minimum Gasteiger partial charge on any atom is -0.348 e. The van der Waals surface area contributed by atoms with Crippen LogP contribution < -0.4 is 16.0 Å². The molecule has 1 atom stereocenters. The maximum Gasteiger partial charge on any atom is 0.239 e. The molecule has 0 spiro atoms. The number of amides is 3.